The van der Waals surface area contributed by atoms with Crippen LogP contribution in [0.25, 0.3) is 10.6 Å². The summed E-state index contributed by atoms with van der Waals surface area (Å²) in [6.07, 6.45) is 3.79. The molecule has 0 radical (unpaired) electrons. The molecule has 1 amide bonds. The molecule has 0 aliphatic carbocycles. The average molecular weight is 341 g/mol. The van der Waals surface area contributed by atoms with Crippen LogP contribution in [0.4, 0.5) is 0 Å². The van der Waals surface area contributed by atoms with Gasteiger partial charge >= 0.3 is 0 Å². The zero-order valence-electron chi connectivity index (χ0n) is 14.0. The van der Waals surface area contributed by atoms with Crippen molar-refractivity contribution in [1.82, 2.24) is 15.2 Å². The highest BCUT2D eigenvalue weighted by molar-refractivity contribution is 7.13. The SMILES string of the molecule is Cc1cccc(-c2nc(CC(=O)N3C4CCNCC3CC4)cs2)c1. The number of aromatic nitrogens is 1. The molecule has 2 fully saturated rings. The summed E-state index contributed by atoms with van der Waals surface area (Å²) < 4.78 is 0. The molecule has 2 aromatic rings. The van der Waals surface area contributed by atoms with Crippen LogP contribution in [-0.2, 0) is 11.2 Å². The molecule has 2 saturated heterocycles. The standard InChI is InChI=1S/C19H23N3OS/c1-13-3-2-4-14(9-13)19-21-15(12-24-19)10-18(23)22-16-5-6-17(22)11-20-8-7-16/h2-4,9,12,16-17,20H,5-8,10-11H2,1H3. The first kappa shape index (κ1) is 15.8. The number of nitrogens with one attached hydrogen (secondary N) is 1. The maximum Gasteiger partial charge on any atom is 0.229 e. The molecule has 4 nitrogen and oxygen atoms in total. The summed E-state index contributed by atoms with van der Waals surface area (Å²) >= 11 is 1.63. The number of amides is 1. The van der Waals surface area contributed by atoms with Gasteiger partial charge in [0, 0.05) is 29.6 Å². The Morgan fingerprint density at radius 3 is 3.08 bits per heavy atom. The van der Waals surface area contributed by atoms with Crippen molar-refractivity contribution in [2.45, 2.75) is 44.7 Å². The number of nitrogens with zero attached hydrogens (tertiary/aromatic N) is 2. The minimum absolute atomic E-state index is 0.243. The van der Waals surface area contributed by atoms with Gasteiger partial charge in [-0.05, 0) is 38.8 Å². The lowest BCUT2D eigenvalue weighted by Crippen LogP contribution is -2.43. The molecule has 0 spiro atoms. The van der Waals surface area contributed by atoms with E-state index >= 15 is 0 Å². The summed E-state index contributed by atoms with van der Waals surface area (Å²) in [5.41, 5.74) is 3.27. The van der Waals surface area contributed by atoms with Crippen LogP contribution in [0, 0.1) is 6.92 Å². The monoisotopic (exact) mass is 341 g/mol. The second-order valence-electron chi connectivity index (χ2n) is 6.87. The topological polar surface area (TPSA) is 45.2 Å². The fourth-order valence-corrected chi connectivity index (χ4v) is 4.75. The van der Waals surface area contributed by atoms with Crippen molar-refractivity contribution in [3.8, 4) is 10.6 Å². The number of aryl methyl sites for hydroxylation is 1. The second-order valence-corrected chi connectivity index (χ2v) is 7.73. The number of fused-ring (bicyclic) bond motifs is 2. The summed E-state index contributed by atoms with van der Waals surface area (Å²) in [5.74, 6) is 0.243. The van der Waals surface area contributed by atoms with E-state index in [1.165, 1.54) is 5.56 Å². The van der Waals surface area contributed by atoms with Crippen LogP contribution in [0.15, 0.2) is 29.6 Å². The summed E-state index contributed by atoms with van der Waals surface area (Å²) in [5, 5.41) is 6.49. The van der Waals surface area contributed by atoms with Gasteiger partial charge in [-0.1, -0.05) is 23.8 Å². The van der Waals surface area contributed by atoms with E-state index in [2.05, 4.69) is 41.4 Å². The zero-order chi connectivity index (χ0) is 16.5. The van der Waals surface area contributed by atoms with E-state index in [9.17, 15) is 4.79 Å². The van der Waals surface area contributed by atoms with Crippen molar-refractivity contribution in [1.29, 1.82) is 0 Å². The van der Waals surface area contributed by atoms with Gasteiger partial charge in [0.2, 0.25) is 5.91 Å². The van der Waals surface area contributed by atoms with Gasteiger partial charge in [-0.3, -0.25) is 4.79 Å². The predicted octanol–water partition coefficient (Wildman–Crippen LogP) is 3.01. The Morgan fingerprint density at radius 1 is 1.33 bits per heavy atom. The van der Waals surface area contributed by atoms with Crippen molar-refractivity contribution in [3.63, 3.8) is 0 Å². The number of thiazole rings is 1. The number of hydrogen-bond donors (Lipinski definition) is 1. The fourth-order valence-electron chi connectivity index (χ4n) is 3.93. The van der Waals surface area contributed by atoms with Crippen molar-refractivity contribution in [2.24, 2.45) is 0 Å². The molecular formula is C19H23N3OS. The molecule has 3 heterocycles. The Bertz CT molecular complexity index is 728. The molecule has 5 heteroatoms. The quantitative estimate of drug-likeness (QED) is 0.933. The molecule has 0 saturated carbocycles. The largest absolute Gasteiger partial charge is 0.335 e. The van der Waals surface area contributed by atoms with Gasteiger partial charge in [0.05, 0.1) is 12.1 Å². The van der Waals surface area contributed by atoms with E-state index in [1.807, 2.05) is 5.38 Å². The van der Waals surface area contributed by atoms with Crippen LogP contribution in [0.1, 0.15) is 30.5 Å². The van der Waals surface area contributed by atoms with Crippen LogP contribution in [0.2, 0.25) is 0 Å². The first-order valence-electron chi connectivity index (χ1n) is 8.74. The predicted molar refractivity (Wildman–Crippen MR) is 97.1 cm³/mol. The van der Waals surface area contributed by atoms with Crippen molar-refractivity contribution >= 4 is 17.2 Å². The molecule has 1 N–H and O–H groups in total. The summed E-state index contributed by atoms with van der Waals surface area (Å²) in [7, 11) is 0. The Morgan fingerprint density at radius 2 is 2.21 bits per heavy atom. The first-order chi connectivity index (χ1) is 11.7. The first-order valence-corrected chi connectivity index (χ1v) is 9.62. The van der Waals surface area contributed by atoms with Crippen LogP contribution >= 0.6 is 11.3 Å². The minimum atomic E-state index is 0.243. The Kier molecular flexibility index (Phi) is 4.37. The third kappa shape index (κ3) is 3.10. The second kappa shape index (κ2) is 6.65. The Balaban J connectivity index is 1.49. The van der Waals surface area contributed by atoms with Crippen LogP contribution in [0.5, 0.6) is 0 Å². The maximum absolute atomic E-state index is 12.8. The molecule has 2 unspecified atom stereocenters. The molecule has 126 valence electrons. The highest BCUT2D eigenvalue weighted by Crippen LogP contribution is 2.29. The van der Waals surface area contributed by atoms with E-state index in [-0.39, 0.29) is 5.91 Å². The van der Waals surface area contributed by atoms with Gasteiger partial charge in [0.1, 0.15) is 5.01 Å². The van der Waals surface area contributed by atoms with Gasteiger partial charge in [0.25, 0.3) is 0 Å². The smallest absolute Gasteiger partial charge is 0.229 e. The maximum atomic E-state index is 12.8. The average Bonchev–Trinajstić information content (AvgIpc) is 3.11. The number of benzene rings is 1. The van der Waals surface area contributed by atoms with Gasteiger partial charge in [-0.25, -0.2) is 4.98 Å². The van der Waals surface area contributed by atoms with E-state index < -0.39 is 0 Å². The summed E-state index contributed by atoms with van der Waals surface area (Å²) in [6.45, 7) is 4.05. The Labute approximate surface area is 146 Å². The van der Waals surface area contributed by atoms with Crippen LogP contribution in [-0.4, -0.2) is 41.0 Å². The third-order valence-electron chi connectivity index (χ3n) is 5.09. The van der Waals surface area contributed by atoms with Crippen molar-refractivity contribution in [2.75, 3.05) is 13.1 Å². The lowest BCUT2D eigenvalue weighted by Gasteiger charge is -2.27. The fraction of sp³-hybridized carbons (Fsp3) is 0.474. The van der Waals surface area contributed by atoms with Crippen LogP contribution in [0.3, 0.4) is 0 Å². The van der Waals surface area contributed by atoms with Crippen LogP contribution < -0.4 is 5.32 Å². The normalized spacial score (nSPS) is 23.3. The third-order valence-corrected chi connectivity index (χ3v) is 6.03. The number of hydrogen-bond acceptors (Lipinski definition) is 4. The molecule has 2 aliphatic heterocycles. The van der Waals surface area contributed by atoms with E-state index in [4.69, 9.17) is 4.98 Å². The number of carbonyl (C=O) groups is 1. The highest BCUT2D eigenvalue weighted by atomic mass is 32.1. The van der Waals surface area contributed by atoms with E-state index in [0.717, 1.165) is 48.6 Å². The van der Waals surface area contributed by atoms with Gasteiger partial charge in [-0.15, -0.1) is 11.3 Å². The van der Waals surface area contributed by atoms with Gasteiger partial charge in [-0.2, -0.15) is 0 Å². The van der Waals surface area contributed by atoms with E-state index in [0.29, 0.717) is 18.5 Å². The lowest BCUT2D eigenvalue weighted by atomic mass is 10.1. The molecule has 2 aliphatic rings. The molecule has 2 atom stereocenters. The highest BCUT2D eigenvalue weighted by Gasteiger charge is 2.37. The summed E-state index contributed by atoms with van der Waals surface area (Å²) in [4.78, 5) is 19.7. The van der Waals surface area contributed by atoms with Crippen molar-refractivity contribution < 1.29 is 4.79 Å². The van der Waals surface area contributed by atoms with Gasteiger partial charge in [0.15, 0.2) is 0 Å². The van der Waals surface area contributed by atoms with Gasteiger partial charge < -0.3 is 10.2 Å². The molecule has 2 bridgehead atoms. The molecule has 1 aromatic heterocycles. The van der Waals surface area contributed by atoms with E-state index in [1.54, 1.807) is 11.3 Å². The molecular weight excluding hydrogens is 318 g/mol. The molecule has 4 rings (SSSR count). The molecule has 24 heavy (non-hydrogen) atoms. The zero-order valence-corrected chi connectivity index (χ0v) is 14.8. The summed E-state index contributed by atoms with van der Waals surface area (Å²) in [6, 6.07) is 9.17. The number of carbonyl (C=O) groups excluding carboxylic acids is 1. The van der Waals surface area contributed by atoms with Crippen molar-refractivity contribution in [3.05, 3.63) is 40.9 Å². The lowest BCUT2D eigenvalue weighted by molar-refractivity contribution is -0.133. The molecule has 1 aromatic carbocycles. The minimum Gasteiger partial charge on any atom is -0.335 e. The Hall–Kier alpha value is -1.72. The number of rotatable bonds is 3.